The molecule has 0 bridgehead atoms. The molecule has 2 heterocycles. The third-order valence-electron chi connectivity index (χ3n) is 6.09. The Bertz CT molecular complexity index is 1040. The van der Waals surface area contributed by atoms with Gasteiger partial charge >= 0.3 is 0 Å². The van der Waals surface area contributed by atoms with Crippen molar-refractivity contribution in [3.05, 3.63) is 46.3 Å². The number of benzene rings is 1. The van der Waals surface area contributed by atoms with Gasteiger partial charge in [0, 0.05) is 24.2 Å². The molecule has 5 nitrogen and oxygen atoms in total. The van der Waals surface area contributed by atoms with Crippen molar-refractivity contribution in [1.82, 2.24) is 14.6 Å². The van der Waals surface area contributed by atoms with Crippen LogP contribution in [0, 0.1) is 5.92 Å². The smallest absolute Gasteiger partial charge is 0.180 e. The van der Waals surface area contributed by atoms with Gasteiger partial charge in [-0.1, -0.05) is 29.3 Å². The number of nitrogens with one attached hydrogen (secondary N) is 1. The summed E-state index contributed by atoms with van der Waals surface area (Å²) in [7, 11) is 0. The van der Waals surface area contributed by atoms with E-state index in [-0.39, 0.29) is 6.10 Å². The Kier molecular flexibility index (Phi) is 5.14. The molecule has 0 saturated heterocycles. The van der Waals surface area contributed by atoms with Crippen molar-refractivity contribution < 1.29 is 5.11 Å². The molecule has 29 heavy (non-hydrogen) atoms. The lowest BCUT2D eigenvalue weighted by Gasteiger charge is -2.27. The van der Waals surface area contributed by atoms with Crippen LogP contribution < -0.4 is 5.32 Å². The molecule has 2 aliphatic rings. The molecular weight excluding hydrogens is 407 g/mol. The number of halogens is 2. The van der Waals surface area contributed by atoms with E-state index in [9.17, 15) is 5.11 Å². The van der Waals surface area contributed by atoms with Crippen LogP contribution in [0.15, 0.2) is 30.5 Å². The zero-order valence-corrected chi connectivity index (χ0v) is 17.6. The van der Waals surface area contributed by atoms with E-state index in [1.54, 1.807) is 0 Å². The molecule has 0 aliphatic heterocycles. The fraction of sp³-hybridized carbons (Fsp3) is 0.455. The number of aliphatic hydroxyl groups is 1. The highest BCUT2D eigenvalue weighted by Gasteiger charge is 2.25. The average molecular weight is 431 g/mol. The van der Waals surface area contributed by atoms with E-state index < -0.39 is 0 Å². The molecule has 2 aliphatic carbocycles. The molecule has 2 N–H and O–H groups in total. The van der Waals surface area contributed by atoms with Crippen LogP contribution in [0.4, 0.5) is 5.69 Å². The van der Waals surface area contributed by atoms with E-state index in [1.807, 2.05) is 34.9 Å². The van der Waals surface area contributed by atoms with Crippen LogP contribution in [0.25, 0.3) is 16.8 Å². The standard InChI is InChI=1S/C22H24Cl2N4O/c23-18-12-14(3-8-19(18)25-15-4-6-16(29)7-5-15)17-9-10-28-20(11-13-1-2-13)26-27-22(28)21(17)24/h3,8-10,12-13,15-16,25,29H,1-2,4-7,11H2. The van der Waals surface area contributed by atoms with E-state index in [0.29, 0.717) is 21.7 Å². The summed E-state index contributed by atoms with van der Waals surface area (Å²) in [6.45, 7) is 0. The average Bonchev–Trinajstić information content (AvgIpc) is 3.44. The Balaban J connectivity index is 1.39. The number of hydrogen-bond donors (Lipinski definition) is 2. The minimum Gasteiger partial charge on any atom is -0.393 e. The summed E-state index contributed by atoms with van der Waals surface area (Å²) < 4.78 is 2.00. The second kappa shape index (κ2) is 7.78. The number of pyridine rings is 1. The number of nitrogens with zero attached hydrogens (tertiary/aromatic N) is 3. The predicted octanol–water partition coefficient (Wildman–Crippen LogP) is 5.37. The monoisotopic (exact) mass is 430 g/mol. The lowest BCUT2D eigenvalue weighted by atomic mass is 9.93. The number of fused-ring (bicyclic) bond motifs is 1. The minimum atomic E-state index is -0.162. The van der Waals surface area contributed by atoms with E-state index in [4.69, 9.17) is 23.2 Å². The van der Waals surface area contributed by atoms with Gasteiger partial charge < -0.3 is 10.4 Å². The van der Waals surface area contributed by atoms with E-state index >= 15 is 0 Å². The van der Waals surface area contributed by atoms with Crippen LogP contribution in [0.2, 0.25) is 10.0 Å². The number of aliphatic hydroxyl groups excluding tert-OH is 1. The zero-order valence-electron chi connectivity index (χ0n) is 16.1. The number of rotatable bonds is 5. The van der Waals surface area contributed by atoms with Gasteiger partial charge in [0.15, 0.2) is 5.65 Å². The first-order chi connectivity index (χ1) is 14.1. The van der Waals surface area contributed by atoms with E-state index in [1.165, 1.54) is 12.8 Å². The highest BCUT2D eigenvalue weighted by molar-refractivity contribution is 6.36. The Morgan fingerprint density at radius 2 is 1.83 bits per heavy atom. The van der Waals surface area contributed by atoms with Crippen molar-refractivity contribution in [3.63, 3.8) is 0 Å². The van der Waals surface area contributed by atoms with Gasteiger partial charge in [-0.3, -0.25) is 4.40 Å². The second-order valence-corrected chi connectivity index (χ2v) is 9.13. The molecule has 0 atom stereocenters. The third kappa shape index (κ3) is 3.96. The van der Waals surface area contributed by atoms with Crippen LogP contribution in [0.1, 0.15) is 44.3 Å². The maximum Gasteiger partial charge on any atom is 0.180 e. The minimum absolute atomic E-state index is 0.162. The van der Waals surface area contributed by atoms with Gasteiger partial charge in [0.05, 0.1) is 21.8 Å². The topological polar surface area (TPSA) is 62.5 Å². The maximum atomic E-state index is 9.68. The van der Waals surface area contributed by atoms with Crippen molar-refractivity contribution >= 4 is 34.5 Å². The maximum absolute atomic E-state index is 9.68. The van der Waals surface area contributed by atoms with E-state index in [2.05, 4.69) is 15.5 Å². The number of aromatic nitrogens is 3. The molecule has 5 rings (SSSR count). The third-order valence-corrected chi connectivity index (χ3v) is 6.78. The van der Waals surface area contributed by atoms with Crippen molar-refractivity contribution in [2.45, 2.75) is 57.1 Å². The summed E-state index contributed by atoms with van der Waals surface area (Å²) in [6.07, 6.45) is 8.94. The molecule has 1 aromatic carbocycles. The Morgan fingerprint density at radius 3 is 2.55 bits per heavy atom. The molecule has 0 spiro atoms. The summed E-state index contributed by atoms with van der Waals surface area (Å²) in [5.41, 5.74) is 3.47. The molecule has 3 aromatic rings. The van der Waals surface area contributed by atoms with Crippen molar-refractivity contribution in [2.24, 2.45) is 5.92 Å². The lowest BCUT2D eigenvalue weighted by Crippen LogP contribution is -2.28. The molecule has 7 heteroatoms. The molecular formula is C22H24Cl2N4O. The summed E-state index contributed by atoms with van der Waals surface area (Å²) in [5, 5.41) is 23.1. The van der Waals surface area contributed by atoms with Gasteiger partial charge in [0.2, 0.25) is 0 Å². The van der Waals surface area contributed by atoms with Crippen LogP contribution in [0.5, 0.6) is 0 Å². The summed E-state index contributed by atoms with van der Waals surface area (Å²) in [4.78, 5) is 0. The van der Waals surface area contributed by atoms with Crippen LogP contribution in [0.3, 0.4) is 0 Å². The van der Waals surface area contributed by atoms with Gasteiger partial charge in [-0.05, 0) is 68.2 Å². The van der Waals surface area contributed by atoms with Crippen LogP contribution in [-0.4, -0.2) is 31.9 Å². The number of hydrogen-bond acceptors (Lipinski definition) is 4. The molecule has 2 aromatic heterocycles. The Morgan fingerprint density at radius 1 is 1.03 bits per heavy atom. The highest BCUT2D eigenvalue weighted by Crippen LogP contribution is 2.37. The highest BCUT2D eigenvalue weighted by atomic mass is 35.5. The normalized spacial score (nSPS) is 22.2. The number of anilines is 1. The van der Waals surface area contributed by atoms with Crippen molar-refractivity contribution in [1.29, 1.82) is 0 Å². The van der Waals surface area contributed by atoms with Gasteiger partial charge in [0.25, 0.3) is 0 Å². The predicted molar refractivity (Wildman–Crippen MR) is 117 cm³/mol. The summed E-state index contributed by atoms with van der Waals surface area (Å²) in [5.74, 6) is 1.72. The quantitative estimate of drug-likeness (QED) is 0.570. The van der Waals surface area contributed by atoms with Gasteiger partial charge in [-0.15, -0.1) is 10.2 Å². The SMILES string of the molecule is OC1CCC(Nc2ccc(-c3ccn4c(CC5CC5)nnc4c3Cl)cc2Cl)CC1. The summed E-state index contributed by atoms with van der Waals surface area (Å²) in [6, 6.07) is 8.34. The Labute approximate surface area is 180 Å². The molecule has 2 fully saturated rings. The first kappa shape index (κ1) is 19.2. The molecule has 0 radical (unpaired) electrons. The van der Waals surface area contributed by atoms with Crippen molar-refractivity contribution in [3.8, 4) is 11.1 Å². The molecule has 0 unspecified atom stereocenters. The molecule has 2 saturated carbocycles. The van der Waals surface area contributed by atoms with Gasteiger partial charge in [-0.25, -0.2) is 0 Å². The lowest BCUT2D eigenvalue weighted by molar-refractivity contribution is 0.126. The fourth-order valence-electron chi connectivity index (χ4n) is 4.15. The summed E-state index contributed by atoms with van der Waals surface area (Å²) >= 11 is 13.3. The van der Waals surface area contributed by atoms with Crippen LogP contribution in [-0.2, 0) is 6.42 Å². The zero-order chi connectivity index (χ0) is 20.0. The fourth-order valence-corrected chi connectivity index (χ4v) is 4.69. The first-order valence-electron chi connectivity index (χ1n) is 10.3. The van der Waals surface area contributed by atoms with E-state index in [0.717, 1.165) is 60.7 Å². The largest absolute Gasteiger partial charge is 0.393 e. The van der Waals surface area contributed by atoms with Gasteiger partial charge in [0.1, 0.15) is 5.82 Å². The van der Waals surface area contributed by atoms with Crippen LogP contribution >= 0.6 is 23.2 Å². The van der Waals surface area contributed by atoms with Crippen molar-refractivity contribution in [2.75, 3.05) is 5.32 Å². The molecule has 0 amide bonds. The molecule has 152 valence electrons. The first-order valence-corrected chi connectivity index (χ1v) is 11.1. The Hall–Kier alpha value is -1.82. The van der Waals surface area contributed by atoms with Gasteiger partial charge in [-0.2, -0.15) is 0 Å². The second-order valence-electron chi connectivity index (χ2n) is 8.35.